The fraction of sp³-hybridized carbons (Fsp3) is 0.333. The molecule has 1 aromatic carbocycles. The second kappa shape index (κ2) is 7.74. The second-order valence-electron chi connectivity index (χ2n) is 6.15. The summed E-state index contributed by atoms with van der Waals surface area (Å²) in [6, 6.07) is 10.8. The van der Waals surface area contributed by atoms with Gasteiger partial charge in [0.25, 0.3) is 5.91 Å². The molecular weight excluding hydrogens is 318 g/mol. The molecule has 7 heteroatoms. The minimum absolute atomic E-state index is 0.167. The highest BCUT2D eigenvalue weighted by atomic mass is 16.2. The zero-order valence-corrected chi connectivity index (χ0v) is 14.1. The first-order valence-electron chi connectivity index (χ1n) is 8.39. The standard InChI is InChI=1S/C18H21N5O2/c1-12(24)19-14-7-4-8-15(11-14)21-18(25)16-9-10-17(23-22-16)20-13-5-2-3-6-13/h4,7-11,13H,2-3,5-6H2,1H3,(H,19,24)(H,20,23)(H,21,25). The predicted octanol–water partition coefficient (Wildman–Crippen LogP) is 3.04. The summed E-state index contributed by atoms with van der Waals surface area (Å²) in [6.07, 6.45) is 4.77. The Bertz CT molecular complexity index is 754. The third kappa shape index (κ3) is 4.76. The van der Waals surface area contributed by atoms with E-state index in [0.717, 1.165) is 12.8 Å². The Kier molecular flexibility index (Phi) is 5.23. The van der Waals surface area contributed by atoms with Gasteiger partial charge >= 0.3 is 0 Å². The summed E-state index contributed by atoms with van der Waals surface area (Å²) in [6.45, 7) is 1.43. The molecule has 3 N–H and O–H groups in total. The van der Waals surface area contributed by atoms with Gasteiger partial charge in [-0.1, -0.05) is 18.9 Å². The lowest BCUT2D eigenvalue weighted by Crippen LogP contribution is -2.18. The molecule has 0 saturated heterocycles. The van der Waals surface area contributed by atoms with Crippen LogP contribution in [0.4, 0.5) is 17.2 Å². The van der Waals surface area contributed by atoms with Crippen LogP contribution in [0.25, 0.3) is 0 Å². The SMILES string of the molecule is CC(=O)Nc1cccc(NC(=O)c2ccc(NC3CCCC3)nn2)c1. The largest absolute Gasteiger partial charge is 0.366 e. The van der Waals surface area contributed by atoms with Crippen LogP contribution in [0.15, 0.2) is 36.4 Å². The molecule has 2 aromatic rings. The van der Waals surface area contributed by atoms with Gasteiger partial charge in [-0.3, -0.25) is 9.59 Å². The summed E-state index contributed by atoms with van der Waals surface area (Å²) in [5.74, 6) is 0.177. The van der Waals surface area contributed by atoms with Gasteiger partial charge < -0.3 is 16.0 Å². The van der Waals surface area contributed by atoms with Gasteiger partial charge in [-0.05, 0) is 43.2 Å². The van der Waals surface area contributed by atoms with Crippen molar-refractivity contribution in [3.63, 3.8) is 0 Å². The molecule has 0 unspecified atom stereocenters. The van der Waals surface area contributed by atoms with Crippen LogP contribution in [-0.2, 0) is 4.79 Å². The maximum absolute atomic E-state index is 12.3. The Morgan fingerprint density at radius 3 is 2.36 bits per heavy atom. The molecule has 1 heterocycles. The molecule has 1 saturated carbocycles. The maximum atomic E-state index is 12.3. The van der Waals surface area contributed by atoms with E-state index in [1.807, 2.05) is 0 Å². The molecule has 1 aliphatic rings. The van der Waals surface area contributed by atoms with Gasteiger partial charge in [0.15, 0.2) is 5.69 Å². The average Bonchev–Trinajstić information content (AvgIpc) is 3.08. The van der Waals surface area contributed by atoms with E-state index in [0.29, 0.717) is 23.2 Å². The summed E-state index contributed by atoms with van der Waals surface area (Å²) in [5, 5.41) is 16.8. The van der Waals surface area contributed by atoms with Crippen molar-refractivity contribution in [2.24, 2.45) is 0 Å². The molecule has 1 aliphatic carbocycles. The Morgan fingerprint density at radius 2 is 1.72 bits per heavy atom. The number of hydrogen-bond donors (Lipinski definition) is 3. The van der Waals surface area contributed by atoms with E-state index in [9.17, 15) is 9.59 Å². The van der Waals surface area contributed by atoms with Gasteiger partial charge in [0.05, 0.1) is 0 Å². The molecule has 0 bridgehead atoms. The molecule has 3 rings (SSSR count). The van der Waals surface area contributed by atoms with E-state index in [-0.39, 0.29) is 17.5 Å². The summed E-state index contributed by atoms with van der Waals surface area (Å²) in [7, 11) is 0. The van der Waals surface area contributed by atoms with Crippen molar-refractivity contribution in [3.05, 3.63) is 42.1 Å². The van der Waals surface area contributed by atoms with Gasteiger partial charge in [-0.25, -0.2) is 0 Å². The number of benzene rings is 1. The second-order valence-corrected chi connectivity index (χ2v) is 6.15. The van der Waals surface area contributed by atoms with E-state index in [1.54, 1.807) is 36.4 Å². The van der Waals surface area contributed by atoms with Crippen LogP contribution in [0.3, 0.4) is 0 Å². The number of anilines is 3. The number of carbonyl (C=O) groups is 2. The topological polar surface area (TPSA) is 96.0 Å². The fourth-order valence-corrected chi connectivity index (χ4v) is 2.88. The lowest BCUT2D eigenvalue weighted by molar-refractivity contribution is -0.114. The average molecular weight is 339 g/mol. The zero-order chi connectivity index (χ0) is 17.6. The van der Waals surface area contributed by atoms with E-state index in [2.05, 4.69) is 26.1 Å². The smallest absolute Gasteiger partial charge is 0.276 e. The molecule has 0 atom stereocenters. The molecular formula is C18H21N5O2. The van der Waals surface area contributed by atoms with Crippen LogP contribution in [0.2, 0.25) is 0 Å². The highest BCUT2D eigenvalue weighted by Crippen LogP contribution is 2.21. The van der Waals surface area contributed by atoms with E-state index in [1.165, 1.54) is 19.8 Å². The lowest BCUT2D eigenvalue weighted by Gasteiger charge is -2.12. The van der Waals surface area contributed by atoms with Crippen molar-refractivity contribution in [1.82, 2.24) is 10.2 Å². The van der Waals surface area contributed by atoms with Crippen LogP contribution in [-0.4, -0.2) is 28.1 Å². The molecule has 0 radical (unpaired) electrons. The molecule has 130 valence electrons. The van der Waals surface area contributed by atoms with Crippen LogP contribution in [0.5, 0.6) is 0 Å². The van der Waals surface area contributed by atoms with Crippen molar-refractivity contribution in [3.8, 4) is 0 Å². The third-order valence-electron chi connectivity index (χ3n) is 4.05. The summed E-state index contributed by atoms with van der Waals surface area (Å²) in [5.41, 5.74) is 1.43. The number of nitrogens with zero attached hydrogens (tertiary/aromatic N) is 2. The number of nitrogens with one attached hydrogen (secondary N) is 3. The number of aromatic nitrogens is 2. The summed E-state index contributed by atoms with van der Waals surface area (Å²) >= 11 is 0. The van der Waals surface area contributed by atoms with Crippen molar-refractivity contribution >= 4 is 29.0 Å². The maximum Gasteiger partial charge on any atom is 0.276 e. The Morgan fingerprint density at radius 1 is 1.00 bits per heavy atom. The number of carbonyl (C=O) groups excluding carboxylic acids is 2. The van der Waals surface area contributed by atoms with Crippen molar-refractivity contribution in [2.75, 3.05) is 16.0 Å². The monoisotopic (exact) mass is 339 g/mol. The Hall–Kier alpha value is -2.96. The van der Waals surface area contributed by atoms with Crippen molar-refractivity contribution in [2.45, 2.75) is 38.6 Å². The van der Waals surface area contributed by atoms with Crippen LogP contribution >= 0.6 is 0 Å². The first-order valence-corrected chi connectivity index (χ1v) is 8.39. The molecule has 0 spiro atoms. The van der Waals surface area contributed by atoms with Gasteiger partial charge in [0, 0.05) is 24.3 Å². The summed E-state index contributed by atoms with van der Waals surface area (Å²) in [4.78, 5) is 23.4. The van der Waals surface area contributed by atoms with Gasteiger partial charge in [0.1, 0.15) is 5.82 Å². The third-order valence-corrected chi connectivity index (χ3v) is 4.05. The van der Waals surface area contributed by atoms with E-state index >= 15 is 0 Å². The molecule has 1 fully saturated rings. The quantitative estimate of drug-likeness (QED) is 0.778. The minimum atomic E-state index is -0.347. The Balaban J connectivity index is 1.61. The molecule has 7 nitrogen and oxygen atoms in total. The number of amides is 2. The van der Waals surface area contributed by atoms with Crippen molar-refractivity contribution < 1.29 is 9.59 Å². The minimum Gasteiger partial charge on any atom is -0.366 e. The number of hydrogen-bond acceptors (Lipinski definition) is 5. The molecule has 25 heavy (non-hydrogen) atoms. The van der Waals surface area contributed by atoms with Crippen molar-refractivity contribution in [1.29, 1.82) is 0 Å². The first-order chi connectivity index (χ1) is 12.1. The predicted molar refractivity (Wildman–Crippen MR) is 96.6 cm³/mol. The first kappa shape index (κ1) is 16.9. The molecule has 0 aliphatic heterocycles. The molecule has 2 amide bonds. The molecule has 1 aromatic heterocycles. The van der Waals surface area contributed by atoms with E-state index < -0.39 is 0 Å². The van der Waals surface area contributed by atoms with Crippen LogP contribution in [0, 0.1) is 0 Å². The van der Waals surface area contributed by atoms with Crippen LogP contribution in [0.1, 0.15) is 43.1 Å². The highest BCUT2D eigenvalue weighted by molar-refractivity contribution is 6.03. The lowest BCUT2D eigenvalue weighted by atomic mass is 10.2. The van der Waals surface area contributed by atoms with Crippen LogP contribution < -0.4 is 16.0 Å². The number of rotatable bonds is 5. The van der Waals surface area contributed by atoms with Gasteiger partial charge in [-0.2, -0.15) is 0 Å². The summed E-state index contributed by atoms with van der Waals surface area (Å²) < 4.78 is 0. The van der Waals surface area contributed by atoms with Gasteiger partial charge in [-0.15, -0.1) is 10.2 Å². The zero-order valence-electron chi connectivity index (χ0n) is 14.1. The highest BCUT2D eigenvalue weighted by Gasteiger charge is 2.15. The fourth-order valence-electron chi connectivity index (χ4n) is 2.88. The van der Waals surface area contributed by atoms with Gasteiger partial charge in [0.2, 0.25) is 5.91 Å². The Labute approximate surface area is 146 Å². The normalized spacial score (nSPS) is 14.1. The van der Waals surface area contributed by atoms with E-state index in [4.69, 9.17) is 0 Å².